The third-order valence-electron chi connectivity index (χ3n) is 11.3. The van der Waals surface area contributed by atoms with E-state index in [4.69, 9.17) is 10.2 Å². The van der Waals surface area contributed by atoms with Crippen LogP contribution in [0.5, 0.6) is 0 Å². The molecule has 4 atom stereocenters. The molecule has 38 heavy (non-hydrogen) atoms. The maximum absolute atomic E-state index is 4.70. The van der Waals surface area contributed by atoms with Crippen LogP contribution in [0.25, 0.3) is 0 Å². The lowest BCUT2D eigenvalue weighted by Crippen LogP contribution is -2.37. The fourth-order valence-electron chi connectivity index (χ4n) is 10.2. The van der Waals surface area contributed by atoms with Crippen molar-refractivity contribution >= 4 is 11.4 Å². The number of nitrogens with zero attached hydrogens (tertiary/aromatic N) is 4. The lowest BCUT2D eigenvalue weighted by molar-refractivity contribution is 0.122. The molecule has 4 aliphatic carbocycles. The highest BCUT2D eigenvalue weighted by atomic mass is 15.2. The first kappa shape index (κ1) is 23.8. The van der Waals surface area contributed by atoms with E-state index in [0.29, 0.717) is 0 Å². The van der Waals surface area contributed by atoms with E-state index in [-0.39, 0.29) is 0 Å². The molecule has 2 aromatic carbocycles. The van der Waals surface area contributed by atoms with Crippen molar-refractivity contribution in [2.24, 2.45) is 45.7 Å². The van der Waals surface area contributed by atoms with E-state index < -0.39 is 0 Å². The second-order valence-electron chi connectivity index (χ2n) is 14.3. The van der Waals surface area contributed by atoms with Gasteiger partial charge in [0.25, 0.3) is 0 Å². The first-order valence-corrected chi connectivity index (χ1v) is 15.8. The topological polar surface area (TPSA) is 31.2 Å². The number of azo groups is 1. The fourth-order valence-corrected chi connectivity index (χ4v) is 10.2. The van der Waals surface area contributed by atoms with Crippen LogP contribution in [-0.4, -0.2) is 35.0 Å². The summed E-state index contributed by atoms with van der Waals surface area (Å²) in [6.07, 6.45) is 14.7. The Morgan fingerprint density at radius 2 is 0.895 bits per heavy atom. The molecule has 10 rings (SSSR count). The van der Waals surface area contributed by atoms with Crippen LogP contribution in [0.15, 0.2) is 58.8 Å². The Morgan fingerprint density at radius 1 is 0.500 bits per heavy atom. The van der Waals surface area contributed by atoms with Gasteiger partial charge >= 0.3 is 0 Å². The summed E-state index contributed by atoms with van der Waals surface area (Å²) in [7, 11) is 0. The smallest absolute Gasteiger partial charge is 0.0860 e. The first-order chi connectivity index (χ1) is 18.7. The molecule has 4 aliphatic heterocycles. The molecule has 8 fully saturated rings. The predicted molar refractivity (Wildman–Crippen MR) is 153 cm³/mol. The molecule has 0 amide bonds. The molecular weight excluding hydrogens is 464 g/mol. The van der Waals surface area contributed by atoms with Gasteiger partial charge in [-0.15, -0.1) is 0 Å². The predicted octanol–water partition coefficient (Wildman–Crippen LogP) is 8.12. The summed E-state index contributed by atoms with van der Waals surface area (Å²) in [6, 6.07) is 19.3. The van der Waals surface area contributed by atoms with Crippen LogP contribution in [0, 0.1) is 35.5 Å². The molecule has 4 unspecified atom stereocenters. The molecule has 200 valence electrons. The van der Waals surface area contributed by atoms with Gasteiger partial charge in [-0.1, -0.05) is 24.3 Å². The molecule has 4 saturated heterocycles. The zero-order valence-corrected chi connectivity index (χ0v) is 22.9. The summed E-state index contributed by atoms with van der Waals surface area (Å²) >= 11 is 0. The van der Waals surface area contributed by atoms with E-state index >= 15 is 0 Å². The minimum absolute atomic E-state index is 0.800. The van der Waals surface area contributed by atoms with Crippen molar-refractivity contribution in [3.63, 3.8) is 0 Å². The monoisotopic (exact) mass is 508 g/mol. The number of hydrogen-bond acceptors (Lipinski definition) is 4. The van der Waals surface area contributed by atoms with E-state index in [2.05, 4.69) is 58.3 Å². The molecule has 0 radical (unpaired) electrons. The Hall–Kier alpha value is -2.04. The van der Waals surface area contributed by atoms with Crippen molar-refractivity contribution < 1.29 is 0 Å². The molecule has 4 saturated carbocycles. The molecule has 4 heteroatoms. The summed E-state index contributed by atoms with van der Waals surface area (Å²) in [5, 5.41) is 9.40. The molecule has 4 nitrogen and oxygen atoms in total. The Kier molecular flexibility index (Phi) is 6.18. The van der Waals surface area contributed by atoms with Gasteiger partial charge in [-0.2, -0.15) is 10.2 Å². The quantitative estimate of drug-likeness (QED) is 0.369. The molecule has 8 aliphatic rings. The van der Waals surface area contributed by atoms with E-state index in [0.717, 1.165) is 72.1 Å². The Morgan fingerprint density at radius 3 is 1.32 bits per heavy atom. The van der Waals surface area contributed by atoms with E-state index in [1.807, 2.05) is 0 Å². The zero-order chi connectivity index (χ0) is 25.1. The largest absolute Gasteiger partial charge is 0.296 e. The number of hydrogen-bond donors (Lipinski definition) is 0. The summed E-state index contributed by atoms with van der Waals surface area (Å²) in [5.74, 6) is 5.87. The van der Waals surface area contributed by atoms with Crippen molar-refractivity contribution in [3.05, 3.63) is 59.7 Å². The maximum atomic E-state index is 4.70. The van der Waals surface area contributed by atoms with Crippen molar-refractivity contribution in [2.75, 3.05) is 13.1 Å². The highest BCUT2D eigenvalue weighted by Gasteiger charge is 2.43. The minimum atomic E-state index is 0.800. The number of rotatable bonds is 6. The Bertz CT molecular complexity index is 1070. The summed E-state index contributed by atoms with van der Waals surface area (Å²) < 4.78 is 0. The van der Waals surface area contributed by atoms with Crippen LogP contribution < -0.4 is 0 Å². The SMILES string of the molecule is c1cc(CN2CC3CC4CC(C3)CC2C4)cc(N=Nc2cccc(CN3CC4CC5CC(C4)CC3C5)c2)c1. The van der Waals surface area contributed by atoms with Crippen LogP contribution >= 0.6 is 0 Å². The van der Waals surface area contributed by atoms with E-state index in [1.165, 1.54) is 88.4 Å². The van der Waals surface area contributed by atoms with Crippen molar-refractivity contribution in [1.29, 1.82) is 0 Å². The molecule has 0 aromatic heterocycles. The third kappa shape index (κ3) is 4.88. The van der Waals surface area contributed by atoms with Gasteiger partial charge in [-0.25, -0.2) is 0 Å². The van der Waals surface area contributed by atoms with Gasteiger partial charge in [-0.3, -0.25) is 9.80 Å². The standard InChI is InChI=1S/C34H44N4/c1-3-23(19-37-21-29-9-25-7-26(10-29)16-33(37)15-25)13-31(5-1)35-36-32-6-2-4-24(14-32)20-38-22-30-11-27-8-28(12-30)18-34(38)17-27/h1-6,13-14,25-30,33-34H,7-12,15-22H2. The van der Waals surface area contributed by atoms with Crippen LogP contribution in [0.3, 0.4) is 0 Å². The third-order valence-corrected chi connectivity index (χ3v) is 11.3. The van der Waals surface area contributed by atoms with E-state index in [9.17, 15) is 0 Å². The normalized spacial score (nSPS) is 38.2. The highest BCUT2D eigenvalue weighted by molar-refractivity contribution is 5.43. The van der Waals surface area contributed by atoms with Crippen molar-refractivity contribution in [2.45, 2.75) is 89.4 Å². The van der Waals surface area contributed by atoms with Crippen LogP contribution in [0.2, 0.25) is 0 Å². The second kappa shape index (κ2) is 9.86. The summed E-state index contributed by atoms with van der Waals surface area (Å²) in [6.45, 7) is 4.74. The molecule has 0 spiro atoms. The maximum Gasteiger partial charge on any atom is 0.0860 e. The Balaban J connectivity index is 0.938. The number of benzene rings is 2. The van der Waals surface area contributed by atoms with Crippen LogP contribution in [0.1, 0.15) is 75.3 Å². The molecule has 8 bridgehead atoms. The van der Waals surface area contributed by atoms with Crippen LogP contribution in [0.4, 0.5) is 11.4 Å². The van der Waals surface area contributed by atoms with Gasteiger partial charge < -0.3 is 0 Å². The summed E-state index contributed by atoms with van der Waals surface area (Å²) in [5.41, 5.74) is 4.74. The highest BCUT2D eigenvalue weighted by Crippen LogP contribution is 2.49. The average molecular weight is 509 g/mol. The van der Waals surface area contributed by atoms with Gasteiger partial charge in [0.2, 0.25) is 0 Å². The Labute approximate surface area is 228 Å². The van der Waals surface area contributed by atoms with Gasteiger partial charge in [0.05, 0.1) is 11.4 Å². The van der Waals surface area contributed by atoms with Gasteiger partial charge in [0.15, 0.2) is 0 Å². The van der Waals surface area contributed by atoms with Gasteiger partial charge in [0, 0.05) is 38.3 Å². The molecular formula is C34H44N4. The lowest BCUT2D eigenvalue weighted by Gasteiger charge is -2.39. The van der Waals surface area contributed by atoms with Gasteiger partial charge in [-0.05, 0) is 135 Å². The molecule has 0 N–H and O–H groups in total. The van der Waals surface area contributed by atoms with Crippen LogP contribution in [-0.2, 0) is 13.1 Å². The lowest BCUT2D eigenvalue weighted by atomic mass is 9.68. The van der Waals surface area contributed by atoms with Gasteiger partial charge in [0.1, 0.15) is 0 Å². The second-order valence-corrected chi connectivity index (χ2v) is 14.3. The zero-order valence-electron chi connectivity index (χ0n) is 22.9. The van der Waals surface area contributed by atoms with E-state index in [1.54, 1.807) is 0 Å². The van der Waals surface area contributed by atoms with Crippen molar-refractivity contribution in [1.82, 2.24) is 9.80 Å². The fraction of sp³-hybridized carbons (Fsp3) is 0.647. The number of fused-ring (bicyclic) bond motifs is 2. The first-order valence-electron chi connectivity index (χ1n) is 15.8. The van der Waals surface area contributed by atoms with Crippen molar-refractivity contribution in [3.8, 4) is 0 Å². The minimum Gasteiger partial charge on any atom is -0.296 e. The molecule has 2 aromatic rings. The average Bonchev–Trinajstić information content (AvgIpc) is 3.21. The molecule has 4 heterocycles. The summed E-state index contributed by atoms with van der Waals surface area (Å²) in [4.78, 5) is 5.62.